The summed E-state index contributed by atoms with van der Waals surface area (Å²) in [6, 6.07) is 7.47. The third kappa shape index (κ3) is 1.93. The lowest BCUT2D eigenvalue weighted by Crippen LogP contribution is -2.52. The molecule has 0 fully saturated rings. The topological polar surface area (TPSA) is 104 Å². The highest BCUT2D eigenvalue weighted by atomic mass is 15.0. The first-order chi connectivity index (χ1) is 7.49. The molecule has 0 unspecified atom stereocenters. The van der Waals surface area contributed by atoms with Gasteiger partial charge in [-0.25, -0.2) is 0 Å². The molecule has 0 amide bonds. The average molecular weight is 216 g/mol. The lowest BCUT2D eigenvalue weighted by molar-refractivity contribution is 0.557. The molecule has 0 saturated heterocycles. The zero-order valence-corrected chi connectivity index (χ0v) is 8.98. The highest BCUT2D eigenvalue weighted by Crippen LogP contribution is 2.29. The molecular weight excluding hydrogens is 200 g/mol. The second-order valence-corrected chi connectivity index (χ2v) is 4.16. The molecular formula is C12H16N4. The Kier molecular flexibility index (Phi) is 2.46. The predicted octanol–water partition coefficient (Wildman–Crippen LogP) is 0.512. The maximum atomic E-state index is 6.04. The second-order valence-electron chi connectivity index (χ2n) is 4.16. The number of nitrogens with two attached hydrogens (primary N) is 4. The Morgan fingerprint density at radius 1 is 0.938 bits per heavy atom. The van der Waals surface area contributed by atoms with Crippen LogP contribution in [0.25, 0.3) is 5.57 Å². The van der Waals surface area contributed by atoms with Gasteiger partial charge in [0.05, 0.1) is 5.66 Å². The van der Waals surface area contributed by atoms with Crippen LogP contribution in [0.3, 0.4) is 0 Å². The lowest BCUT2D eigenvalue weighted by Gasteiger charge is -2.31. The van der Waals surface area contributed by atoms with Gasteiger partial charge in [0, 0.05) is 17.8 Å². The zero-order chi connectivity index (χ0) is 11.8. The van der Waals surface area contributed by atoms with Crippen LogP contribution in [-0.4, -0.2) is 5.66 Å². The molecule has 0 aliphatic heterocycles. The lowest BCUT2D eigenvalue weighted by atomic mass is 9.86. The normalized spacial score (nSPS) is 18.9. The number of rotatable bonds is 1. The SMILES string of the molecule is NC1=CC=C(c2ccc(N)cc2)C(N)(N)C1. The monoisotopic (exact) mass is 216 g/mol. The van der Waals surface area contributed by atoms with E-state index in [1.54, 1.807) is 0 Å². The number of hydrogen-bond acceptors (Lipinski definition) is 4. The molecule has 0 bridgehead atoms. The molecule has 0 atom stereocenters. The molecule has 1 aromatic rings. The minimum absolute atomic E-state index is 0.462. The van der Waals surface area contributed by atoms with Gasteiger partial charge in [-0.15, -0.1) is 0 Å². The molecule has 4 heteroatoms. The number of allylic oxidation sites excluding steroid dienone is 2. The molecule has 16 heavy (non-hydrogen) atoms. The zero-order valence-electron chi connectivity index (χ0n) is 8.98. The summed E-state index contributed by atoms with van der Waals surface area (Å²) in [4.78, 5) is 0. The summed E-state index contributed by atoms with van der Waals surface area (Å²) in [5.41, 5.74) is 25.8. The van der Waals surface area contributed by atoms with E-state index in [-0.39, 0.29) is 0 Å². The summed E-state index contributed by atoms with van der Waals surface area (Å²) in [6.07, 6.45) is 4.16. The van der Waals surface area contributed by atoms with Crippen LogP contribution >= 0.6 is 0 Å². The van der Waals surface area contributed by atoms with E-state index in [9.17, 15) is 0 Å². The van der Waals surface area contributed by atoms with Crippen molar-refractivity contribution in [3.8, 4) is 0 Å². The summed E-state index contributed by atoms with van der Waals surface area (Å²) in [5, 5.41) is 0. The summed E-state index contributed by atoms with van der Waals surface area (Å²) < 4.78 is 0. The second kappa shape index (κ2) is 3.66. The fourth-order valence-electron chi connectivity index (χ4n) is 1.87. The molecule has 2 rings (SSSR count). The maximum Gasteiger partial charge on any atom is 0.0960 e. The Morgan fingerprint density at radius 2 is 1.56 bits per heavy atom. The van der Waals surface area contributed by atoms with Gasteiger partial charge in [0.2, 0.25) is 0 Å². The Morgan fingerprint density at radius 3 is 2.12 bits per heavy atom. The van der Waals surface area contributed by atoms with Crippen molar-refractivity contribution in [3.05, 3.63) is 47.7 Å². The van der Waals surface area contributed by atoms with Crippen LogP contribution in [0.15, 0.2) is 42.1 Å². The van der Waals surface area contributed by atoms with Crippen molar-refractivity contribution >= 4 is 11.3 Å². The van der Waals surface area contributed by atoms with E-state index in [1.165, 1.54) is 0 Å². The van der Waals surface area contributed by atoms with Crippen molar-refractivity contribution in [2.75, 3.05) is 5.73 Å². The largest absolute Gasteiger partial charge is 0.402 e. The Bertz CT molecular complexity index is 454. The van der Waals surface area contributed by atoms with Gasteiger partial charge in [0.25, 0.3) is 0 Å². The van der Waals surface area contributed by atoms with Gasteiger partial charge >= 0.3 is 0 Å². The van der Waals surface area contributed by atoms with Crippen molar-refractivity contribution in [2.24, 2.45) is 17.2 Å². The smallest absolute Gasteiger partial charge is 0.0960 e. The van der Waals surface area contributed by atoms with E-state index < -0.39 is 5.66 Å². The van der Waals surface area contributed by atoms with E-state index in [2.05, 4.69) is 0 Å². The van der Waals surface area contributed by atoms with E-state index in [0.717, 1.165) is 16.8 Å². The van der Waals surface area contributed by atoms with Crippen molar-refractivity contribution in [2.45, 2.75) is 12.1 Å². The molecule has 0 radical (unpaired) electrons. The molecule has 1 aromatic carbocycles. The van der Waals surface area contributed by atoms with Crippen LogP contribution in [0.1, 0.15) is 12.0 Å². The molecule has 84 valence electrons. The van der Waals surface area contributed by atoms with Gasteiger partial charge in [-0.3, -0.25) is 0 Å². The fourth-order valence-corrected chi connectivity index (χ4v) is 1.87. The first-order valence-corrected chi connectivity index (χ1v) is 5.09. The van der Waals surface area contributed by atoms with Crippen molar-refractivity contribution in [1.29, 1.82) is 0 Å². The molecule has 4 nitrogen and oxygen atoms in total. The number of hydrogen-bond donors (Lipinski definition) is 4. The van der Waals surface area contributed by atoms with Gasteiger partial charge < -0.3 is 22.9 Å². The number of nitrogen functional groups attached to an aromatic ring is 1. The first kappa shape index (κ1) is 10.7. The number of benzene rings is 1. The Labute approximate surface area is 94.6 Å². The molecule has 8 N–H and O–H groups in total. The Balaban J connectivity index is 2.43. The van der Waals surface area contributed by atoms with Gasteiger partial charge in [-0.05, 0) is 29.3 Å². The highest BCUT2D eigenvalue weighted by molar-refractivity contribution is 5.76. The first-order valence-electron chi connectivity index (χ1n) is 5.09. The Hall–Kier alpha value is -1.78. The van der Waals surface area contributed by atoms with E-state index in [0.29, 0.717) is 12.1 Å². The maximum absolute atomic E-state index is 6.04. The summed E-state index contributed by atoms with van der Waals surface area (Å²) in [6.45, 7) is 0. The van der Waals surface area contributed by atoms with Crippen molar-refractivity contribution in [1.82, 2.24) is 0 Å². The molecule has 1 aliphatic rings. The summed E-state index contributed by atoms with van der Waals surface area (Å²) in [7, 11) is 0. The minimum atomic E-state index is -0.908. The molecule has 0 aromatic heterocycles. The van der Waals surface area contributed by atoms with Crippen LogP contribution in [0, 0.1) is 0 Å². The van der Waals surface area contributed by atoms with E-state index in [1.807, 2.05) is 36.4 Å². The van der Waals surface area contributed by atoms with Crippen molar-refractivity contribution in [3.63, 3.8) is 0 Å². The quantitative estimate of drug-likeness (QED) is 0.405. The van der Waals surface area contributed by atoms with Gasteiger partial charge in [0.1, 0.15) is 0 Å². The third-order valence-electron chi connectivity index (χ3n) is 2.68. The average Bonchev–Trinajstić information content (AvgIpc) is 2.18. The fraction of sp³-hybridized carbons (Fsp3) is 0.167. The van der Waals surface area contributed by atoms with Crippen LogP contribution in [0.5, 0.6) is 0 Å². The molecule has 0 spiro atoms. The van der Waals surface area contributed by atoms with Crippen LogP contribution in [0.2, 0.25) is 0 Å². The summed E-state index contributed by atoms with van der Waals surface area (Å²) >= 11 is 0. The van der Waals surface area contributed by atoms with E-state index >= 15 is 0 Å². The van der Waals surface area contributed by atoms with E-state index in [4.69, 9.17) is 22.9 Å². The van der Waals surface area contributed by atoms with Crippen LogP contribution in [0.4, 0.5) is 5.69 Å². The van der Waals surface area contributed by atoms with Crippen LogP contribution < -0.4 is 22.9 Å². The van der Waals surface area contributed by atoms with Gasteiger partial charge in [0.15, 0.2) is 0 Å². The number of anilines is 1. The van der Waals surface area contributed by atoms with Gasteiger partial charge in [-0.1, -0.05) is 18.2 Å². The third-order valence-corrected chi connectivity index (χ3v) is 2.68. The standard InChI is InChI=1S/C12H16N4/c13-9-3-1-8(2-4-9)11-6-5-10(14)7-12(11,15)16/h1-6H,7,13-16H2. The predicted molar refractivity (Wildman–Crippen MR) is 66.8 cm³/mol. The molecule has 0 saturated carbocycles. The minimum Gasteiger partial charge on any atom is -0.402 e. The molecule has 1 aliphatic carbocycles. The van der Waals surface area contributed by atoms with Crippen LogP contribution in [-0.2, 0) is 0 Å². The summed E-state index contributed by atoms with van der Waals surface area (Å²) in [5.74, 6) is 0. The van der Waals surface area contributed by atoms with Crippen molar-refractivity contribution < 1.29 is 0 Å². The molecule has 0 heterocycles. The van der Waals surface area contributed by atoms with Gasteiger partial charge in [-0.2, -0.15) is 0 Å². The highest BCUT2D eigenvalue weighted by Gasteiger charge is 2.28.